The van der Waals surface area contributed by atoms with Crippen molar-refractivity contribution in [2.75, 3.05) is 16.8 Å². The van der Waals surface area contributed by atoms with E-state index in [1.807, 2.05) is 6.92 Å². The van der Waals surface area contributed by atoms with Crippen LogP contribution in [-0.4, -0.2) is 41.2 Å². The lowest BCUT2D eigenvalue weighted by atomic mass is 10.0. The fourth-order valence-electron chi connectivity index (χ4n) is 3.21. The maximum atomic E-state index is 12.8. The molecule has 3 N–H and O–H groups in total. The van der Waals surface area contributed by atoms with Crippen LogP contribution in [0, 0.1) is 5.41 Å². The number of allylic oxidation sites excluding steroid dienone is 1. The number of aromatic nitrogens is 2. The Bertz CT molecular complexity index is 652. The maximum absolute atomic E-state index is 12.8. The summed E-state index contributed by atoms with van der Waals surface area (Å²) in [5.41, 5.74) is 6.72. The van der Waals surface area contributed by atoms with Gasteiger partial charge < -0.3 is 20.9 Å². The van der Waals surface area contributed by atoms with Crippen molar-refractivity contribution in [2.24, 2.45) is 5.73 Å². The molecule has 7 nitrogen and oxygen atoms in total. The number of carbonyl (C=O) groups is 1. The highest BCUT2D eigenvalue weighted by molar-refractivity contribution is 6.08. The van der Waals surface area contributed by atoms with E-state index in [4.69, 9.17) is 11.1 Å². The van der Waals surface area contributed by atoms with Crippen LogP contribution in [0.25, 0.3) is 5.57 Å². The quantitative estimate of drug-likeness (QED) is 0.779. The lowest BCUT2D eigenvalue weighted by molar-refractivity contribution is -0.120. The first-order valence-corrected chi connectivity index (χ1v) is 8.39. The van der Waals surface area contributed by atoms with Crippen molar-refractivity contribution < 1.29 is 4.79 Å². The van der Waals surface area contributed by atoms with Gasteiger partial charge in [-0.2, -0.15) is 0 Å². The molecular formula is C17H26N6O. The summed E-state index contributed by atoms with van der Waals surface area (Å²) < 4.78 is 0. The Morgan fingerprint density at radius 2 is 2.08 bits per heavy atom. The second kappa shape index (κ2) is 7.42. The summed E-state index contributed by atoms with van der Waals surface area (Å²) in [5.74, 6) is 1.21. The number of rotatable bonds is 6. The fraction of sp³-hybridized carbons (Fsp3) is 0.529. The minimum absolute atomic E-state index is 0.0647. The van der Waals surface area contributed by atoms with Gasteiger partial charge in [-0.15, -0.1) is 0 Å². The van der Waals surface area contributed by atoms with Crippen LogP contribution in [0.15, 0.2) is 12.4 Å². The number of carbonyl (C=O) groups excluding carboxylic acids is 1. The van der Waals surface area contributed by atoms with Crippen molar-refractivity contribution in [1.82, 2.24) is 9.97 Å². The third-order valence-electron chi connectivity index (χ3n) is 4.62. The smallest absolute Gasteiger partial charge is 0.249 e. The van der Waals surface area contributed by atoms with Gasteiger partial charge in [0.25, 0.3) is 0 Å². The summed E-state index contributed by atoms with van der Waals surface area (Å²) >= 11 is 0. The first-order valence-electron chi connectivity index (χ1n) is 8.39. The monoisotopic (exact) mass is 330 g/mol. The minimum Gasteiger partial charge on any atom is -0.404 e. The predicted molar refractivity (Wildman–Crippen MR) is 97.3 cm³/mol. The van der Waals surface area contributed by atoms with E-state index in [0.717, 1.165) is 24.9 Å². The number of fused-ring (bicyclic) bond motifs is 1. The molecule has 7 heteroatoms. The topological polar surface area (TPSA) is 99.2 Å². The normalized spacial score (nSPS) is 18.1. The summed E-state index contributed by atoms with van der Waals surface area (Å²) in [6.07, 6.45) is 6.66. The molecule has 0 spiro atoms. The van der Waals surface area contributed by atoms with E-state index >= 15 is 0 Å². The molecule has 0 unspecified atom stereocenters. The molecule has 0 aromatic carbocycles. The van der Waals surface area contributed by atoms with Gasteiger partial charge in [0, 0.05) is 25.5 Å². The zero-order valence-corrected chi connectivity index (χ0v) is 14.8. The molecule has 1 aromatic heterocycles. The Labute approximate surface area is 143 Å². The van der Waals surface area contributed by atoms with Gasteiger partial charge >= 0.3 is 0 Å². The molecule has 24 heavy (non-hydrogen) atoms. The number of amides is 1. The molecule has 1 aliphatic rings. The largest absolute Gasteiger partial charge is 0.404 e. The first kappa shape index (κ1) is 17.9. The number of nitrogens with two attached hydrogens (primary N) is 1. The van der Waals surface area contributed by atoms with Crippen LogP contribution in [0.2, 0.25) is 0 Å². The van der Waals surface area contributed by atoms with E-state index in [0.29, 0.717) is 23.5 Å². The van der Waals surface area contributed by atoms with E-state index in [1.165, 1.54) is 6.20 Å². The fourth-order valence-corrected chi connectivity index (χ4v) is 3.21. The third-order valence-corrected chi connectivity index (χ3v) is 4.62. The van der Waals surface area contributed by atoms with Crippen LogP contribution >= 0.6 is 0 Å². The zero-order chi connectivity index (χ0) is 17.9. The Kier molecular flexibility index (Phi) is 5.54. The highest BCUT2D eigenvalue weighted by atomic mass is 16.2. The lowest BCUT2D eigenvalue weighted by Gasteiger charge is -2.44. The maximum Gasteiger partial charge on any atom is 0.249 e. The molecule has 0 aliphatic carbocycles. The number of hydrogen-bond donors (Lipinski definition) is 2. The molecule has 0 saturated heterocycles. The first-order chi connectivity index (χ1) is 11.5. The summed E-state index contributed by atoms with van der Waals surface area (Å²) in [7, 11) is 1.76. The summed E-state index contributed by atoms with van der Waals surface area (Å²) in [6.45, 7) is 6.25. The minimum atomic E-state index is -0.236. The van der Waals surface area contributed by atoms with Gasteiger partial charge in [0.15, 0.2) is 11.6 Å². The van der Waals surface area contributed by atoms with Gasteiger partial charge in [-0.25, -0.2) is 9.97 Å². The van der Waals surface area contributed by atoms with E-state index in [9.17, 15) is 4.79 Å². The molecule has 0 bridgehead atoms. The second-order valence-corrected chi connectivity index (χ2v) is 5.87. The highest BCUT2D eigenvalue weighted by Gasteiger charge is 2.39. The lowest BCUT2D eigenvalue weighted by Crippen LogP contribution is -2.56. The molecule has 0 saturated carbocycles. The van der Waals surface area contributed by atoms with Crippen molar-refractivity contribution in [3.8, 4) is 0 Å². The highest BCUT2D eigenvalue weighted by Crippen LogP contribution is 2.37. The van der Waals surface area contributed by atoms with Gasteiger partial charge in [-0.05, 0) is 19.3 Å². The van der Waals surface area contributed by atoms with Crippen LogP contribution in [0.4, 0.5) is 11.5 Å². The number of nitrogens with zero attached hydrogens (tertiary/aromatic N) is 4. The molecule has 1 atom stereocenters. The molecule has 1 aromatic rings. The van der Waals surface area contributed by atoms with Crippen LogP contribution in [0.1, 0.15) is 45.9 Å². The Balaban J connectivity index is 2.66. The van der Waals surface area contributed by atoms with Crippen LogP contribution in [-0.2, 0) is 4.79 Å². The van der Waals surface area contributed by atoms with Crippen molar-refractivity contribution in [2.45, 2.75) is 52.1 Å². The van der Waals surface area contributed by atoms with E-state index < -0.39 is 0 Å². The van der Waals surface area contributed by atoms with Gasteiger partial charge in [0.2, 0.25) is 5.91 Å². The molecule has 0 fully saturated rings. The standard InChI is InChI=1S/C17H26N6O/c1-5-12(6-2)23-13(7-3)17(24)22(4)14-10-20-15(21-16(14)23)11(8-18)9-19/h8-10,12-13,18H,5-7,19H2,1-4H3/b11-9+,18-8?/t13-/m1/s1. The number of likely N-dealkylation sites (N-methyl/N-ethyl adjacent to an activating group) is 1. The average Bonchev–Trinajstić information content (AvgIpc) is 2.61. The van der Waals surface area contributed by atoms with E-state index in [1.54, 1.807) is 18.1 Å². The van der Waals surface area contributed by atoms with Crippen LogP contribution in [0.5, 0.6) is 0 Å². The molecule has 2 rings (SSSR count). The molecule has 2 heterocycles. The van der Waals surface area contributed by atoms with E-state index in [2.05, 4.69) is 28.7 Å². The SMILES string of the molecule is CCC(CC)N1c2nc(/C(C=N)=C/N)ncc2N(C)C(=O)[C@H]1CC. The average molecular weight is 330 g/mol. The molecule has 1 amide bonds. The molecule has 0 radical (unpaired) electrons. The van der Waals surface area contributed by atoms with E-state index in [-0.39, 0.29) is 18.0 Å². The number of anilines is 2. The predicted octanol–water partition coefficient (Wildman–Crippen LogP) is 2.18. The molecular weight excluding hydrogens is 304 g/mol. The summed E-state index contributed by atoms with van der Waals surface area (Å²) in [6, 6.07) is -0.0141. The van der Waals surface area contributed by atoms with Crippen molar-refractivity contribution in [1.29, 1.82) is 5.41 Å². The summed E-state index contributed by atoms with van der Waals surface area (Å²) in [4.78, 5) is 25.5. The van der Waals surface area contributed by atoms with Gasteiger partial charge in [0.1, 0.15) is 11.7 Å². The third kappa shape index (κ3) is 2.86. The molecule has 1 aliphatic heterocycles. The zero-order valence-electron chi connectivity index (χ0n) is 14.8. The van der Waals surface area contributed by atoms with Gasteiger partial charge in [-0.1, -0.05) is 20.8 Å². The van der Waals surface area contributed by atoms with Crippen molar-refractivity contribution in [3.63, 3.8) is 0 Å². The Morgan fingerprint density at radius 3 is 2.58 bits per heavy atom. The Hall–Kier alpha value is -2.44. The van der Waals surface area contributed by atoms with Crippen LogP contribution < -0.4 is 15.5 Å². The molecule has 130 valence electrons. The Morgan fingerprint density at radius 1 is 1.42 bits per heavy atom. The van der Waals surface area contributed by atoms with Crippen LogP contribution in [0.3, 0.4) is 0 Å². The number of nitrogens with one attached hydrogen (secondary N) is 1. The van der Waals surface area contributed by atoms with Crippen molar-refractivity contribution >= 4 is 29.2 Å². The van der Waals surface area contributed by atoms with Crippen molar-refractivity contribution in [3.05, 3.63) is 18.2 Å². The van der Waals surface area contributed by atoms with Gasteiger partial charge in [0.05, 0.1) is 11.8 Å². The number of hydrogen-bond acceptors (Lipinski definition) is 6. The second-order valence-electron chi connectivity index (χ2n) is 5.87. The summed E-state index contributed by atoms with van der Waals surface area (Å²) in [5, 5.41) is 7.46. The van der Waals surface area contributed by atoms with Gasteiger partial charge in [-0.3, -0.25) is 4.79 Å².